The van der Waals surface area contributed by atoms with Gasteiger partial charge in [0.25, 0.3) is 0 Å². The summed E-state index contributed by atoms with van der Waals surface area (Å²) in [7, 11) is 0. The highest BCUT2D eigenvalue weighted by atomic mass is 19.1. The fourth-order valence-corrected chi connectivity index (χ4v) is 1.85. The third-order valence-corrected chi connectivity index (χ3v) is 2.90. The third-order valence-electron chi connectivity index (χ3n) is 2.90. The van der Waals surface area contributed by atoms with Gasteiger partial charge in [0.2, 0.25) is 0 Å². The molecule has 0 bridgehead atoms. The maximum Gasteiger partial charge on any atom is 0.165 e. The number of para-hydroxylation sites is 1. The normalized spacial score (nSPS) is 10.4. The van der Waals surface area contributed by atoms with Crippen molar-refractivity contribution in [1.82, 2.24) is 5.32 Å². The lowest BCUT2D eigenvalue weighted by Gasteiger charge is -2.11. The Balaban J connectivity index is 2.05. The molecule has 0 saturated carbocycles. The van der Waals surface area contributed by atoms with Gasteiger partial charge in [-0.3, -0.25) is 0 Å². The molecule has 19 heavy (non-hydrogen) atoms. The molecule has 2 nitrogen and oxygen atoms in total. The Labute approximate surface area is 113 Å². The zero-order valence-corrected chi connectivity index (χ0v) is 11.0. The quantitative estimate of drug-likeness (QED) is 0.857. The van der Waals surface area contributed by atoms with Crippen molar-refractivity contribution in [2.75, 3.05) is 6.54 Å². The van der Waals surface area contributed by atoms with Crippen molar-refractivity contribution in [3.8, 4) is 5.75 Å². The second kappa shape index (κ2) is 6.90. The molecule has 0 radical (unpaired) electrons. The highest BCUT2D eigenvalue weighted by Gasteiger charge is 2.05. The highest BCUT2D eigenvalue weighted by Crippen LogP contribution is 2.18. The van der Waals surface area contributed by atoms with Gasteiger partial charge in [-0.25, -0.2) is 4.39 Å². The van der Waals surface area contributed by atoms with E-state index in [0.29, 0.717) is 12.4 Å². The van der Waals surface area contributed by atoms with Crippen LogP contribution in [0.1, 0.15) is 18.1 Å². The monoisotopic (exact) mass is 259 g/mol. The molecule has 100 valence electrons. The van der Waals surface area contributed by atoms with Crippen molar-refractivity contribution in [1.29, 1.82) is 0 Å². The summed E-state index contributed by atoms with van der Waals surface area (Å²) in [6, 6.07) is 14.5. The van der Waals surface area contributed by atoms with E-state index in [0.717, 1.165) is 18.7 Å². The number of halogens is 1. The molecule has 0 aliphatic heterocycles. The molecule has 0 unspecified atom stereocenters. The van der Waals surface area contributed by atoms with Crippen LogP contribution in [0.3, 0.4) is 0 Å². The minimum Gasteiger partial charge on any atom is -0.486 e. The van der Waals surface area contributed by atoms with E-state index in [1.54, 1.807) is 18.2 Å². The first-order valence-electron chi connectivity index (χ1n) is 6.46. The van der Waals surface area contributed by atoms with Crippen molar-refractivity contribution >= 4 is 0 Å². The van der Waals surface area contributed by atoms with Gasteiger partial charge >= 0.3 is 0 Å². The van der Waals surface area contributed by atoms with Gasteiger partial charge in [0, 0.05) is 6.54 Å². The summed E-state index contributed by atoms with van der Waals surface area (Å²) in [6.45, 7) is 4.16. The summed E-state index contributed by atoms with van der Waals surface area (Å²) < 4.78 is 19.0. The van der Waals surface area contributed by atoms with E-state index in [1.807, 2.05) is 18.2 Å². The number of rotatable bonds is 6. The molecule has 2 rings (SSSR count). The minimum atomic E-state index is -0.327. The highest BCUT2D eigenvalue weighted by molar-refractivity contribution is 5.28. The van der Waals surface area contributed by atoms with Gasteiger partial charge in [0.1, 0.15) is 6.61 Å². The number of hydrogen-bond acceptors (Lipinski definition) is 2. The van der Waals surface area contributed by atoms with E-state index in [4.69, 9.17) is 4.74 Å². The second-order valence-corrected chi connectivity index (χ2v) is 4.27. The Morgan fingerprint density at radius 3 is 2.42 bits per heavy atom. The SMILES string of the molecule is CCNCc1ccccc1COc1ccccc1F. The number of hydrogen-bond donors (Lipinski definition) is 1. The predicted octanol–water partition coefficient (Wildman–Crippen LogP) is 3.51. The lowest BCUT2D eigenvalue weighted by Crippen LogP contribution is -2.14. The smallest absolute Gasteiger partial charge is 0.165 e. The summed E-state index contributed by atoms with van der Waals surface area (Å²) in [6.07, 6.45) is 0. The first-order valence-corrected chi connectivity index (χ1v) is 6.46. The summed E-state index contributed by atoms with van der Waals surface area (Å²) in [5.74, 6) is -0.0348. The van der Waals surface area contributed by atoms with E-state index in [9.17, 15) is 4.39 Å². The van der Waals surface area contributed by atoms with Gasteiger partial charge in [-0.1, -0.05) is 43.3 Å². The Morgan fingerprint density at radius 2 is 1.68 bits per heavy atom. The fraction of sp³-hybridized carbons (Fsp3) is 0.250. The van der Waals surface area contributed by atoms with Crippen molar-refractivity contribution in [2.45, 2.75) is 20.1 Å². The van der Waals surface area contributed by atoms with Gasteiger partial charge in [-0.05, 0) is 29.8 Å². The van der Waals surface area contributed by atoms with Gasteiger partial charge in [-0.15, -0.1) is 0 Å². The fourth-order valence-electron chi connectivity index (χ4n) is 1.85. The maximum absolute atomic E-state index is 13.5. The van der Waals surface area contributed by atoms with Crippen LogP contribution in [0.4, 0.5) is 4.39 Å². The molecule has 0 fully saturated rings. The molecule has 3 heteroatoms. The summed E-state index contributed by atoms with van der Waals surface area (Å²) in [5, 5.41) is 3.28. The molecule has 0 spiro atoms. The summed E-state index contributed by atoms with van der Waals surface area (Å²) >= 11 is 0. The van der Waals surface area contributed by atoms with E-state index in [2.05, 4.69) is 18.3 Å². The molecule has 2 aromatic rings. The number of ether oxygens (including phenoxy) is 1. The predicted molar refractivity (Wildman–Crippen MR) is 74.6 cm³/mol. The first-order chi connectivity index (χ1) is 9.31. The van der Waals surface area contributed by atoms with Crippen LogP contribution in [0, 0.1) is 5.82 Å². The first kappa shape index (κ1) is 13.6. The Bertz CT molecular complexity index is 528. The molecule has 1 N–H and O–H groups in total. The minimum absolute atomic E-state index is 0.292. The third kappa shape index (κ3) is 3.80. The molecular weight excluding hydrogens is 241 g/mol. The molecule has 2 aromatic carbocycles. The van der Waals surface area contributed by atoms with Crippen molar-refractivity contribution < 1.29 is 9.13 Å². The van der Waals surface area contributed by atoms with Crippen LogP contribution in [0.15, 0.2) is 48.5 Å². The van der Waals surface area contributed by atoms with Gasteiger partial charge in [0.15, 0.2) is 11.6 Å². The lowest BCUT2D eigenvalue weighted by atomic mass is 10.1. The summed E-state index contributed by atoms with van der Waals surface area (Å²) in [4.78, 5) is 0. The van der Waals surface area contributed by atoms with Crippen molar-refractivity contribution in [3.63, 3.8) is 0 Å². The average Bonchev–Trinajstić information content (AvgIpc) is 2.45. The molecular formula is C16H18FNO. The molecule has 0 saturated heterocycles. The van der Waals surface area contributed by atoms with E-state index in [-0.39, 0.29) is 5.82 Å². The van der Waals surface area contributed by atoms with Crippen LogP contribution in [-0.2, 0) is 13.2 Å². The van der Waals surface area contributed by atoms with E-state index >= 15 is 0 Å². The van der Waals surface area contributed by atoms with Crippen LogP contribution >= 0.6 is 0 Å². The van der Waals surface area contributed by atoms with Crippen LogP contribution < -0.4 is 10.1 Å². The molecule has 0 aliphatic rings. The summed E-state index contributed by atoms with van der Waals surface area (Å²) in [5.41, 5.74) is 2.26. The standard InChI is InChI=1S/C16H18FNO/c1-2-18-11-13-7-3-4-8-14(13)12-19-16-10-6-5-9-15(16)17/h3-10,18H,2,11-12H2,1H3. The van der Waals surface area contributed by atoms with E-state index < -0.39 is 0 Å². The Kier molecular flexibility index (Phi) is 4.93. The van der Waals surface area contributed by atoms with Crippen LogP contribution in [0.2, 0.25) is 0 Å². The van der Waals surface area contributed by atoms with Gasteiger partial charge < -0.3 is 10.1 Å². The molecule has 0 amide bonds. The average molecular weight is 259 g/mol. The lowest BCUT2D eigenvalue weighted by molar-refractivity contribution is 0.289. The Hall–Kier alpha value is -1.87. The topological polar surface area (TPSA) is 21.3 Å². The zero-order valence-electron chi connectivity index (χ0n) is 11.0. The Morgan fingerprint density at radius 1 is 1.00 bits per heavy atom. The van der Waals surface area contributed by atoms with Crippen LogP contribution in [0.25, 0.3) is 0 Å². The van der Waals surface area contributed by atoms with Crippen molar-refractivity contribution in [2.24, 2.45) is 0 Å². The van der Waals surface area contributed by atoms with Gasteiger partial charge in [0.05, 0.1) is 0 Å². The molecule has 0 heterocycles. The van der Waals surface area contributed by atoms with Gasteiger partial charge in [-0.2, -0.15) is 0 Å². The van der Waals surface area contributed by atoms with E-state index in [1.165, 1.54) is 11.6 Å². The number of benzene rings is 2. The van der Waals surface area contributed by atoms with Crippen LogP contribution in [0.5, 0.6) is 5.75 Å². The largest absolute Gasteiger partial charge is 0.486 e. The second-order valence-electron chi connectivity index (χ2n) is 4.27. The molecule has 0 atom stereocenters. The molecule has 0 aromatic heterocycles. The van der Waals surface area contributed by atoms with Crippen LogP contribution in [-0.4, -0.2) is 6.54 Å². The molecule has 0 aliphatic carbocycles. The zero-order chi connectivity index (χ0) is 13.5. The maximum atomic E-state index is 13.5. The number of nitrogens with one attached hydrogen (secondary N) is 1. The van der Waals surface area contributed by atoms with Crippen molar-refractivity contribution in [3.05, 3.63) is 65.5 Å².